The summed E-state index contributed by atoms with van der Waals surface area (Å²) in [6.45, 7) is 0.524. The third-order valence-corrected chi connectivity index (χ3v) is 2.68. The summed E-state index contributed by atoms with van der Waals surface area (Å²) in [5.74, 6) is 0. The smallest absolute Gasteiger partial charge is 0.293 e. The number of aromatic nitrogens is 2. The molecule has 0 bridgehead atoms. The van der Waals surface area contributed by atoms with E-state index in [1.165, 1.54) is 10.8 Å². The van der Waals surface area contributed by atoms with Crippen molar-refractivity contribution in [2.24, 2.45) is 0 Å². The summed E-state index contributed by atoms with van der Waals surface area (Å²) in [5.41, 5.74) is 0.807. The molecule has 0 atom stereocenters. The normalized spacial score (nSPS) is 10.4. The Morgan fingerprint density at radius 2 is 2.43 bits per heavy atom. The highest BCUT2D eigenvalue weighted by atomic mass is 35.5. The molecular formula is C9H7ClN2OS. The number of nitrogens with zero attached hydrogens (tertiary/aromatic N) is 2. The molecule has 0 fully saturated rings. The first kappa shape index (κ1) is 9.43. The maximum absolute atomic E-state index is 11.3. The Kier molecular flexibility index (Phi) is 2.65. The molecule has 0 saturated carbocycles. The molecule has 2 heterocycles. The van der Waals surface area contributed by atoms with Gasteiger partial charge in [-0.15, -0.1) is 0 Å². The maximum atomic E-state index is 11.3. The lowest BCUT2D eigenvalue weighted by atomic mass is 10.3. The standard InChI is InChI=1S/C9H7ClN2OS/c10-8-3-11-9(13)12(5-8)4-7-1-2-14-6-7/h1-3,5-6H,4H2. The summed E-state index contributed by atoms with van der Waals surface area (Å²) < 4.78 is 1.49. The van der Waals surface area contributed by atoms with Gasteiger partial charge in [0, 0.05) is 6.20 Å². The largest absolute Gasteiger partial charge is 0.347 e. The van der Waals surface area contributed by atoms with Crippen LogP contribution in [0, 0.1) is 0 Å². The molecule has 0 spiro atoms. The van der Waals surface area contributed by atoms with Crippen LogP contribution in [-0.2, 0) is 6.54 Å². The van der Waals surface area contributed by atoms with Crippen molar-refractivity contribution in [1.29, 1.82) is 0 Å². The predicted octanol–water partition coefficient (Wildman–Crippen LogP) is 2.01. The van der Waals surface area contributed by atoms with Crippen molar-refractivity contribution in [2.75, 3.05) is 0 Å². The Morgan fingerprint density at radius 1 is 1.57 bits per heavy atom. The summed E-state index contributed by atoms with van der Waals surface area (Å²) in [7, 11) is 0. The second kappa shape index (κ2) is 3.94. The number of thiophene rings is 1. The summed E-state index contributed by atoms with van der Waals surface area (Å²) in [4.78, 5) is 14.9. The molecule has 0 aliphatic heterocycles. The molecule has 0 aromatic carbocycles. The highest BCUT2D eigenvalue weighted by Crippen LogP contribution is 2.08. The molecule has 0 unspecified atom stereocenters. The van der Waals surface area contributed by atoms with Crippen LogP contribution in [0.15, 0.2) is 34.0 Å². The molecule has 0 radical (unpaired) electrons. The lowest BCUT2D eigenvalue weighted by Crippen LogP contribution is -2.22. The molecule has 0 N–H and O–H groups in total. The van der Waals surface area contributed by atoms with E-state index in [1.807, 2.05) is 16.8 Å². The molecule has 0 aliphatic rings. The van der Waals surface area contributed by atoms with Crippen LogP contribution < -0.4 is 5.69 Å². The van der Waals surface area contributed by atoms with Crippen LogP contribution in [-0.4, -0.2) is 9.55 Å². The molecule has 0 saturated heterocycles. The number of rotatable bonds is 2. The van der Waals surface area contributed by atoms with Crippen molar-refractivity contribution in [3.63, 3.8) is 0 Å². The molecule has 14 heavy (non-hydrogen) atoms. The topological polar surface area (TPSA) is 34.9 Å². The average Bonchev–Trinajstić information content (AvgIpc) is 2.64. The molecular weight excluding hydrogens is 220 g/mol. The van der Waals surface area contributed by atoms with E-state index in [-0.39, 0.29) is 5.69 Å². The van der Waals surface area contributed by atoms with Crippen LogP contribution in [0.5, 0.6) is 0 Å². The minimum Gasteiger partial charge on any atom is -0.293 e. The van der Waals surface area contributed by atoms with Crippen LogP contribution in [0.25, 0.3) is 0 Å². The van der Waals surface area contributed by atoms with Crippen LogP contribution in [0.4, 0.5) is 0 Å². The lowest BCUT2D eigenvalue weighted by Gasteiger charge is -2.02. The number of halogens is 1. The molecule has 0 amide bonds. The maximum Gasteiger partial charge on any atom is 0.347 e. The quantitative estimate of drug-likeness (QED) is 0.785. The van der Waals surface area contributed by atoms with Crippen molar-refractivity contribution in [2.45, 2.75) is 6.54 Å². The van der Waals surface area contributed by atoms with Gasteiger partial charge in [-0.05, 0) is 22.4 Å². The molecule has 2 aromatic rings. The molecule has 5 heteroatoms. The third kappa shape index (κ3) is 2.02. The van der Waals surface area contributed by atoms with Gasteiger partial charge in [0.05, 0.1) is 17.8 Å². The van der Waals surface area contributed by atoms with E-state index in [1.54, 1.807) is 17.5 Å². The lowest BCUT2D eigenvalue weighted by molar-refractivity contribution is 0.729. The van der Waals surface area contributed by atoms with Gasteiger partial charge in [0.25, 0.3) is 0 Å². The van der Waals surface area contributed by atoms with Gasteiger partial charge in [0.15, 0.2) is 0 Å². The first-order chi connectivity index (χ1) is 6.75. The first-order valence-corrected chi connectivity index (χ1v) is 5.31. The average molecular weight is 227 g/mol. The minimum atomic E-state index is -0.277. The summed E-state index contributed by atoms with van der Waals surface area (Å²) in [5, 5.41) is 4.44. The van der Waals surface area contributed by atoms with Crippen molar-refractivity contribution >= 4 is 22.9 Å². The minimum absolute atomic E-state index is 0.277. The van der Waals surface area contributed by atoms with E-state index in [4.69, 9.17) is 11.6 Å². The Balaban J connectivity index is 2.33. The van der Waals surface area contributed by atoms with Crippen molar-refractivity contribution in [3.05, 3.63) is 50.3 Å². The highest BCUT2D eigenvalue weighted by molar-refractivity contribution is 7.07. The Labute approximate surface area is 89.6 Å². The van der Waals surface area contributed by atoms with Gasteiger partial charge in [-0.2, -0.15) is 11.3 Å². The van der Waals surface area contributed by atoms with Crippen molar-refractivity contribution in [1.82, 2.24) is 9.55 Å². The summed E-state index contributed by atoms with van der Waals surface area (Å²) in [6, 6.07) is 1.97. The van der Waals surface area contributed by atoms with Gasteiger partial charge in [0.1, 0.15) is 0 Å². The molecule has 3 nitrogen and oxygen atoms in total. The van der Waals surface area contributed by atoms with Gasteiger partial charge < -0.3 is 0 Å². The van der Waals surface area contributed by atoms with Gasteiger partial charge in [-0.25, -0.2) is 9.78 Å². The fraction of sp³-hybridized carbons (Fsp3) is 0.111. The fourth-order valence-corrected chi connectivity index (χ4v) is 1.95. The zero-order valence-electron chi connectivity index (χ0n) is 7.18. The highest BCUT2D eigenvalue weighted by Gasteiger charge is 1.99. The SMILES string of the molecule is O=c1ncc(Cl)cn1Cc1ccsc1. The van der Waals surface area contributed by atoms with Crippen molar-refractivity contribution < 1.29 is 0 Å². The Hall–Kier alpha value is -1.13. The van der Waals surface area contributed by atoms with Crippen LogP contribution in [0.3, 0.4) is 0 Å². The van der Waals surface area contributed by atoms with Crippen LogP contribution in [0.2, 0.25) is 5.02 Å². The molecule has 0 aliphatic carbocycles. The van der Waals surface area contributed by atoms with Gasteiger partial charge in [-0.3, -0.25) is 4.57 Å². The second-order valence-corrected chi connectivity index (χ2v) is 4.03. The summed E-state index contributed by atoms with van der Waals surface area (Å²) in [6.07, 6.45) is 2.95. The number of hydrogen-bond donors (Lipinski definition) is 0. The van der Waals surface area contributed by atoms with E-state index in [0.29, 0.717) is 11.6 Å². The number of hydrogen-bond acceptors (Lipinski definition) is 3. The zero-order chi connectivity index (χ0) is 9.97. The van der Waals surface area contributed by atoms with E-state index in [9.17, 15) is 4.79 Å². The van der Waals surface area contributed by atoms with Gasteiger partial charge in [0.2, 0.25) is 0 Å². The monoisotopic (exact) mass is 226 g/mol. The van der Waals surface area contributed by atoms with E-state index < -0.39 is 0 Å². The Bertz CT molecular complexity index is 478. The molecule has 2 aromatic heterocycles. The molecule has 2 rings (SSSR count). The van der Waals surface area contributed by atoms with Crippen LogP contribution in [0.1, 0.15) is 5.56 Å². The van der Waals surface area contributed by atoms with E-state index >= 15 is 0 Å². The van der Waals surface area contributed by atoms with Gasteiger partial charge in [-0.1, -0.05) is 11.6 Å². The van der Waals surface area contributed by atoms with Crippen molar-refractivity contribution in [3.8, 4) is 0 Å². The van der Waals surface area contributed by atoms with Crippen LogP contribution >= 0.6 is 22.9 Å². The van der Waals surface area contributed by atoms with Gasteiger partial charge >= 0.3 is 5.69 Å². The van der Waals surface area contributed by atoms with E-state index in [0.717, 1.165) is 5.56 Å². The Morgan fingerprint density at radius 3 is 3.14 bits per heavy atom. The second-order valence-electron chi connectivity index (χ2n) is 2.81. The molecule has 72 valence electrons. The van der Waals surface area contributed by atoms with E-state index in [2.05, 4.69) is 4.98 Å². The summed E-state index contributed by atoms with van der Waals surface area (Å²) >= 11 is 7.34. The predicted molar refractivity (Wildman–Crippen MR) is 56.9 cm³/mol. The zero-order valence-corrected chi connectivity index (χ0v) is 8.76. The first-order valence-electron chi connectivity index (χ1n) is 3.99. The third-order valence-electron chi connectivity index (χ3n) is 1.76. The fourth-order valence-electron chi connectivity index (χ4n) is 1.12.